The third-order valence-electron chi connectivity index (χ3n) is 3.08. The first kappa shape index (κ1) is 14.4. The van der Waals surface area contributed by atoms with Gasteiger partial charge in [-0.2, -0.15) is 0 Å². The standard InChI is InChI=1S/C13H17NO3S2/c1-2-19(16,17)7-3-4-12(15)10-8-13-11(14-9-10)5-6-18-13/h5-6,8-9,12,15H,2-4,7H2,1H3. The highest BCUT2D eigenvalue weighted by Crippen LogP contribution is 2.24. The lowest BCUT2D eigenvalue weighted by Crippen LogP contribution is -2.10. The average molecular weight is 299 g/mol. The Morgan fingerprint density at radius 3 is 3.00 bits per heavy atom. The first-order valence-electron chi connectivity index (χ1n) is 6.23. The van der Waals surface area contributed by atoms with Gasteiger partial charge in [-0.05, 0) is 30.4 Å². The second-order valence-corrected chi connectivity index (χ2v) is 7.89. The van der Waals surface area contributed by atoms with Crippen molar-refractivity contribution in [2.24, 2.45) is 0 Å². The zero-order valence-corrected chi connectivity index (χ0v) is 12.4. The van der Waals surface area contributed by atoms with Crippen LogP contribution >= 0.6 is 11.3 Å². The maximum absolute atomic E-state index is 11.4. The van der Waals surface area contributed by atoms with E-state index in [4.69, 9.17) is 0 Å². The van der Waals surface area contributed by atoms with E-state index in [1.165, 1.54) is 0 Å². The number of hydrogen-bond acceptors (Lipinski definition) is 5. The molecule has 0 spiro atoms. The van der Waals surface area contributed by atoms with Crippen LogP contribution in [0, 0.1) is 0 Å². The molecule has 0 aromatic carbocycles. The van der Waals surface area contributed by atoms with E-state index in [2.05, 4.69) is 4.98 Å². The van der Waals surface area contributed by atoms with Crippen LogP contribution in [0.2, 0.25) is 0 Å². The van der Waals surface area contributed by atoms with Crippen molar-refractivity contribution in [3.05, 3.63) is 29.3 Å². The average Bonchev–Trinajstić information content (AvgIpc) is 2.85. The number of rotatable bonds is 6. The normalized spacial score (nSPS) is 13.8. The van der Waals surface area contributed by atoms with Crippen LogP contribution in [0.3, 0.4) is 0 Å². The largest absolute Gasteiger partial charge is 0.388 e. The molecule has 19 heavy (non-hydrogen) atoms. The maximum atomic E-state index is 11.4. The number of nitrogens with zero attached hydrogens (tertiary/aromatic N) is 1. The van der Waals surface area contributed by atoms with Crippen molar-refractivity contribution in [2.45, 2.75) is 25.9 Å². The molecule has 0 aliphatic carbocycles. The second-order valence-electron chi connectivity index (χ2n) is 4.47. The van der Waals surface area contributed by atoms with Crippen LogP contribution in [-0.4, -0.2) is 30.0 Å². The summed E-state index contributed by atoms with van der Waals surface area (Å²) in [6.07, 6.45) is 1.93. The van der Waals surface area contributed by atoms with Crippen LogP contribution in [0.4, 0.5) is 0 Å². The molecule has 0 aliphatic heterocycles. The number of aromatic nitrogens is 1. The Kier molecular flexibility index (Phi) is 4.54. The molecule has 6 heteroatoms. The highest BCUT2D eigenvalue weighted by molar-refractivity contribution is 7.91. The molecule has 0 aliphatic rings. The maximum Gasteiger partial charge on any atom is 0.150 e. The molecule has 104 valence electrons. The van der Waals surface area contributed by atoms with Crippen molar-refractivity contribution < 1.29 is 13.5 Å². The van der Waals surface area contributed by atoms with Crippen LogP contribution in [0.1, 0.15) is 31.4 Å². The Morgan fingerprint density at radius 1 is 1.47 bits per heavy atom. The number of thiophene rings is 1. The lowest BCUT2D eigenvalue weighted by Gasteiger charge is -2.10. The van der Waals surface area contributed by atoms with E-state index in [1.54, 1.807) is 24.5 Å². The van der Waals surface area contributed by atoms with Gasteiger partial charge in [-0.15, -0.1) is 11.3 Å². The van der Waals surface area contributed by atoms with Crippen molar-refractivity contribution in [2.75, 3.05) is 11.5 Å². The molecule has 0 radical (unpaired) electrons. The fourth-order valence-corrected chi connectivity index (χ4v) is 3.54. The van der Waals surface area contributed by atoms with E-state index in [0.29, 0.717) is 12.8 Å². The van der Waals surface area contributed by atoms with Crippen LogP contribution in [0.25, 0.3) is 10.2 Å². The van der Waals surface area contributed by atoms with Gasteiger partial charge in [-0.3, -0.25) is 4.98 Å². The summed E-state index contributed by atoms with van der Waals surface area (Å²) in [5, 5.41) is 12.0. The summed E-state index contributed by atoms with van der Waals surface area (Å²) in [6, 6.07) is 3.86. The number of fused-ring (bicyclic) bond motifs is 1. The third-order valence-corrected chi connectivity index (χ3v) is 5.72. The predicted octanol–water partition coefficient (Wildman–Crippen LogP) is 2.54. The molecule has 0 saturated carbocycles. The Balaban J connectivity index is 1.97. The zero-order valence-electron chi connectivity index (χ0n) is 10.7. The summed E-state index contributed by atoms with van der Waals surface area (Å²) in [5.74, 6) is 0.293. The van der Waals surface area contributed by atoms with E-state index >= 15 is 0 Å². The molecule has 0 saturated heterocycles. The van der Waals surface area contributed by atoms with Gasteiger partial charge in [0.05, 0.1) is 22.1 Å². The van der Waals surface area contributed by atoms with Gasteiger partial charge in [0.15, 0.2) is 0 Å². The summed E-state index contributed by atoms with van der Waals surface area (Å²) in [4.78, 5) is 4.27. The van der Waals surface area contributed by atoms with E-state index < -0.39 is 15.9 Å². The highest BCUT2D eigenvalue weighted by atomic mass is 32.2. The van der Waals surface area contributed by atoms with E-state index in [0.717, 1.165) is 15.8 Å². The predicted molar refractivity (Wildman–Crippen MR) is 78.1 cm³/mol. The van der Waals surface area contributed by atoms with Crippen LogP contribution < -0.4 is 0 Å². The SMILES string of the molecule is CCS(=O)(=O)CCCC(O)c1cnc2ccsc2c1. The lowest BCUT2D eigenvalue weighted by molar-refractivity contribution is 0.166. The monoisotopic (exact) mass is 299 g/mol. The summed E-state index contributed by atoms with van der Waals surface area (Å²) in [6.45, 7) is 1.64. The van der Waals surface area contributed by atoms with Crippen molar-refractivity contribution in [3.8, 4) is 0 Å². The van der Waals surface area contributed by atoms with Gasteiger partial charge in [-0.1, -0.05) is 6.92 Å². The Hall–Kier alpha value is -0.980. The van der Waals surface area contributed by atoms with Crippen molar-refractivity contribution in [3.63, 3.8) is 0 Å². The number of aliphatic hydroxyl groups excluding tert-OH is 1. The molecule has 4 nitrogen and oxygen atoms in total. The van der Waals surface area contributed by atoms with Gasteiger partial charge in [0, 0.05) is 17.5 Å². The van der Waals surface area contributed by atoms with Gasteiger partial charge in [-0.25, -0.2) is 8.42 Å². The van der Waals surface area contributed by atoms with Gasteiger partial charge in [0.25, 0.3) is 0 Å². The highest BCUT2D eigenvalue weighted by Gasteiger charge is 2.12. The fraction of sp³-hybridized carbons (Fsp3) is 0.462. The topological polar surface area (TPSA) is 67.3 Å². The Morgan fingerprint density at radius 2 is 2.26 bits per heavy atom. The molecule has 1 atom stereocenters. The van der Waals surface area contributed by atoms with E-state index in [-0.39, 0.29) is 11.5 Å². The summed E-state index contributed by atoms with van der Waals surface area (Å²) >= 11 is 1.58. The third kappa shape index (κ3) is 3.75. The van der Waals surface area contributed by atoms with Crippen molar-refractivity contribution >= 4 is 31.4 Å². The van der Waals surface area contributed by atoms with Gasteiger partial charge in [0.1, 0.15) is 9.84 Å². The van der Waals surface area contributed by atoms with Gasteiger partial charge >= 0.3 is 0 Å². The molecule has 2 heterocycles. The molecule has 0 amide bonds. The molecular weight excluding hydrogens is 282 g/mol. The number of pyridine rings is 1. The summed E-state index contributed by atoms with van der Waals surface area (Å²) in [7, 11) is -2.95. The number of hydrogen-bond donors (Lipinski definition) is 1. The van der Waals surface area contributed by atoms with E-state index in [9.17, 15) is 13.5 Å². The van der Waals surface area contributed by atoms with Crippen LogP contribution in [0.5, 0.6) is 0 Å². The smallest absolute Gasteiger partial charge is 0.150 e. The van der Waals surface area contributed by atoms with Crippen molar-refractivity contribution in [1.82, 2.24) is 4.98 Å². The molecule has 2 rings (SSSR count). The molecule has 0 fully saturated rings. The minimum absolute atomic E-state index is 0.134. The number of aliphatic hydroxyl groups is 1. The van der Waals surface area contributed by atoms with Crippen molar-refractivity contribution in [1.29, 1.82) is 0 Å². The van der Waals surface area contributed by atoms with Crippen LogP contribution in [-0.2, 0) is 9.84 Å². The van der Waals surface area contributed by atoms with Crippen LogP contribution in [0.15, 0.2) is 23.7 Å². The first-order chi connectivity index (χ1) is 9.02. The molecule has 1 N–H and O–H groups in total. The molecule has 0 bridgehead atoms. The first-order valence-corrected chi connectivity index (χ1v) is 8.93. The Labute approximate surface area is 117 Å². The molecule has 2 aromatic heterocycles. The molecular formula is C13H17NO3S2. The quantitative estimate of drug-likeness (QED) is 0.890. The second kappa shape index (κ2) is 5.98. The summed E-state index contributed by atoms with van der Waals surface area (Å²) < 4.78 is 23.8. The van der Waals surface area contributed by atoms with Gasteiger partial charge in [0.2, 0.25) is 0 Å². The Bertz CT molecular complexity index is 649. The minimum atomic E-state index is -2.95. The fourth-order valence-electron chi connectivity index (χ4n) is 1.85. The molecule has 1 unspecified atom stereocenters. The molecule has 2 aromatic rings. The minimum Gasteiger partial charge on any atom is -0.388 e. The number of sulfone groups is 1. The summed E-state index contributed by atoms with van der Waals surface area (Å²) in [5.41, 5.74) is 1.68. The lowest BCUT2D eigenvalue weighted by atomic mass is 10.1. The van der Waals surface area contributed by atoms with E-state index in [1.807, 2.05) is 17.5 Å². The zero-order chi connectivity index (χ0) is 13.9. The van der Waals surface area contributed by atoms with Gasteiger partial charge < -0.3 is 5.11 Å².